The third kappa shape index (κ3) is 2.92. The molecule has 18 heavy (non-hydrogen) atoms. The van der Waals surface area contributed by atoms with Crippen LogP contribution in [0.3, 0.4) is 0 Å². The third-order valence-corrected chi connectivity index (χ3v) is 3.70. The number of benzene rings is 1. The van der Waals surface area contributed by atoms with Gasteiger partial charge in [0.05, 0.1) is 4.88 Å². The van der Waals surface area contributed by atoms with Crippen molar-refractivity contribution in [1.82, 2.24) is 0 Å². The van der Waals surface area contributed by atoms with E-state index in [2.05, 4.69) is 0 Å². The van der Waals surface area contributed by atoms with Crippen LogP contribution in [0.25, 0.3) is 0 Å². The number of carbonyl (C=O) groups excluding carboxylic acids is 1. The molecule has 0 N–H and O–H groups in total. The molecule has 0 aliphatic rings. The average Bonchev–Trinajstić information content (AvgIpc) is 2.80. The van der Waals surface area contributed by atoms with E-state index in [0.29, 0.717) is 5.02 Å². The molecule has 0 radical (unpaired) electrons. The van der Waals surface area contributed by atoms with Gasteiger partial charge in [0.25, 0.3) is 0 Å². The lowest BCUT2D eigenvalue weighted by Gasteiger charge is -2.11. The van der Waals surface area contributed by atoms with E-state index in [1.54, 1.807) is 6.07 Å². The molecule has 0 fully saturated rings. The van der Waals surface area contributed by atoms with Crippen LogP contribution < -0.4 is 4.74 Å². The Hall–Kier alpha value is -1.32. The molecule has 94 valence electrons. The molecule has 0 aliphatic heterocycles. The van der Waals surface area contributed by atoms with Crippen molar-refractivity contribution >= 4 is 28.7 Å². The number of thiophene rings is 1. The SMILES string of the molecule is Cc1cc(Cl)cc(C)c1OCC(=O)c1cccs1. The summed E-state index contributed by atoms with van der Waals surface area (Å²) in [6.45, 7) is 3.90. The molecule has 0 saturated carbocycles. The van der Waals surface area contributed by atoms with Crippen molar-refractivity contribution in [3.05, 3.63) is 50.7 Å². The molecule has 2 aromatic rings. The Labute approximate surface area is 115 Å². The van der Waals surface area contributed by atoms with E-state index in [4.69, 9.17) is 16.3 Å². The number of hydrogen-bond donors (Lipinski definition) is 0. The van der Waals surface area contributed by atoms with Crippen LogP contribution in [0.15, 0.2) is 29.6 Å². The molecule has 2 nitrogen and oxygen atoms in total. The standard InChI is InChI=1S/C14H13ClO2S/c1-9-6-11(15)7-10(2)14(9)17-8-12(16)13-4-3-5-18-13/h3-7H,8H2,1-2H3. The smallest absolute Gasteiger partial charge is 0.210 e. The van der Waals surface area contributed by atoms with Crippen LogP contribution in [0.4, 0.5) is 0 Å². The minimum atomic E-state index is -0.00116. The predicted octanol–water partition coefficient (Wildman–Crippen LogP) is 4.28. The second kappa shape index (κ2) is 5.55. The highest BCUT2D eigenvalue weighted by molar-refractivity contribution is 7.12. The first-order chi connectivity index (χ1) is 8.58. The highest BCUT2D eigenvalue weighted by Gasteiger charge is 2.11. The lowest BCUT2D eigenvalue weighted by molar-refractivity contribution is 0.0925. The third-order valence-electron chi connectivity index (χ3n) is 2.57. The van der Waals surface area contributed by atoms with Crippen molar-refractivity contribution in [1.29, 1.82) is 0 Å². The van der Waals surface area contributed by atoms with Crippen LogP contribution in [0.2, 0.25) is 5.02 Å². The van der Waals surface area contributed by atoms with E-state index in [-0.39, 0.29) is 12.4 Å². The minimum Gasteiger partial charge on any atom is -0.485 e. The van der Waals surface area contributed by atoms with Crippen molar-refractivity contribution in [2.75, 3.05) is 6.61 Å². The van der Waals surface area contributed by atoms with Gasteiger partial charge in [-0.25, -0.2) is 0 Å². The van der Waals surface area contributed by atoms with Gasteiger partial charge in [-0.15, -0.1) is 11.3 Å². The first kappa shape index (κ1) is 13.1. The maximum atomic E-state index is 11.8. The number of ketones is 1. The fourth-order valence-corrected chi connectivity index (χ4v) is 2.75. The van der Waals surface area contributed by atoms with E-state index < -0.39 is 0 Å². The molecule has 2 rings (SSSR count). The Morgan fingerprint density at radius 2 is 2.00 bits per heavy atom. The van der Waals surface area contributed by atoms with Crippen LogP contribution >= 0.6 is 22.9 Å². The number of rotatable bonds is 4. The van der Waals surface area contributed by atoms with E-state index in [1.807, 2.05) is 37.4 Å². The molecule has 1 heterocycles. The van der Waals surface area contributed by atoms with Crippen LogP contribution in [-0.2, 0) is 0 Å². The Bertz CT molecular complexity index is 538. The van der Waals surface area contributed by atoms with Crippen LogP contribution in [0, 0.1) is 13.8 Å². The Morgan fingerprint density at radius 3 is 2.56 bits per heavy atom. The Morgan fingerprint density at radius 1 is 1.33 bits per heavy atom. The summed E-state index contributed by atoms with van der Waals surface area (Å²) in [5, 5.41) is 2.56. The summed E-state index contributed by atoms with van der Waals surface area (Å²) in [5.41, 5.74) is 1.89. The Balaban J connectivity index is 2.09. The van der Waals surface area contributed by atoms with Gasteiger partial charge in [0.2, 0.25) is 5.78 Å². The molecular formula is C14H13ClO2S. The lowest BCUT2D eigenvalue weighted by atomic mass is 10.1. The van der Waals surface area contributed by atoms with Crippen LogP contribution in [-0.4, -0.2) is 12.4 Å². The highest BCUT2D eigenvalue weighted by Crippen LogP contribution is 2.27. The molecule has 0 aliphatic carbocycles. The molecule has 1 aromatic carbocycles. The minimum absolute atomic E-state index is 0.00116. The maximum Gasteiger partial charge on any atom is 0.210 e. The van der Waals surface area contributed by atoms with Gasteiger partial charge < -0.3 is 4.74 Å². The van der Waals surface area contributed by atoms with Crippen LogP contribution in [0.1, 0.15) is 20.8 Å². The molecule has 0 unspecified atom stereocenters. The summed E-state index contributed by atoms with van der Waals surface area (Å²) in [6.07, 6.45) is 0. The summed E-state index contributed by atoms with van der Waals surface area (Å²) in [7, 11) is 0. The predicted molar refractivity (Wildman–Crippen MR) is 75.1 cm³/mol. The Kier molecular flexibility index (Phi) is 4.04. The first-order valence-corrected chi connectivity index (χ1v) is 6.80. The van der Waals surface area contributed by atoms with Gasteiger partial charge in [-0.1, -0.05) is 17.7 Å². The van der Waals surface area contributed by atoms with E-state index >= 15 is 0 Å². The van der Waals surface area contributed by atoms with Gasteiger partial charge in [0, 0.05) is 5.02 Å². The molecule has 0 saturated heterocycles. The van der Waals surface area contributed by atoms with E-state index in [9.17, 15) is 4.79 Å². The summed E-state index contributed by atoms with van der Waals surface area (Å²) < 4.78 is 5.61. The van der Waals surface area contributed by atoms with Gasteiger partial charge in [0.1, 0.15) is 5.75 Å². The number of halogens is 1. The lowest BCUT2D eigenvalue weighted by Crippen LogP contribution is -2.11. The fraction of sp³-hybridized carbons (Fsp3) is 0.214. The summed E-state index contributed by atoms with van der Waals surface area (Å²) >= 11 is 7.37. The van der Waals surface area contributed by atoms with Crippen molar-refractivity contribution in [3.8, 4) is 5.75 Å². The second-order valence-corrected chi connectivity index (χ2v) is 5.44. The molecular weight excluding hydrogens is 268 g/mol. The molecule has 0 atom stereocenters. The normalized spacial score (nSPS) is 10.4. The summed E-state index contributed by atoms with van der Waals surface area (Å²) in [6, 6.07) is 7.33. The first-order valence-electron chi connectivity index (χ1n) is 5.54. The largest absolute Gasteiger partial charge is 0.485 e. The fourth-order valence-electron chi connectivity index (χ4n) is 1.77. The molecule has 1 aromatic heterocycles. The van der Waals surface area contributed by atoms with Gasteiger partial charge in [-0.2, -0.15) is 0 Å². The quantitative estimate of drug-likeness (QED) is 0.782. The zero-order valence-electron chi connectivity index (χ0n) is 10.2. The van der Waals surface area contributed by atoms with Gasteiger partial charge >= 0.3 is 0 Å². The average molecular weight is 281 g/mol. The van der Waals surface area contributed by atoms with Crippen LogP contribution in [0.5, 0.6) is 5.75 Å². The van der Waals surface area contributed by atoms with Gasteiger partial charge in [0.15, 0.2) is 6.61 Å². The van der Waals surface area contributed by atoms with E-state index in [1.165, 1.54) is 11.3 Å². The number of ether oxygens (including phenoxy) is 1. The van der Waals surface area contributed by atoms with Gasteiger partial charge in [-0.3, -0.25) is 4.79 Å². The van der Waals surface area contributed by atoms with Crippen molar-refractivity contribution in [2.24, 2.45) is 0 Å². The second-order valence-electron chi connectivity index (χ2n) is 4.06. The highest BCUT2D eigenvalue weighted by atomic mass is 35.5. The topological polar surface area (TPSA) is 26.3 Å². The molecule has 0 bridgehead atoms. The summed E-state index contributed by atoms with van der Waals surface area (Å²) in [4.78, 5) is 12.5. The van der Waals surface area contributed by atoms with Crippen molar-refractivity contribution in [3.63, 3.8) is 0 Å². The number of Topliss-reactive ketones (excluding diaryl/α,β-unsaturated/α-hetero) is 1. The molecule has 0 amide bonds. The van der Waals surface area contributed by atoms with E-state index in [0.717, 1.165) is 21.8 Å². The van der Waals surface area contributed by atoms with Crippen molar-refractivity contribution in [2.45, 2.75) is 13.8 Å². The zero-order valence-corrected chi connectivity index (χ0v) is 11.8. The zero-order chi connectivity index (χ0) is 13.1. The monoisotopic (exact) mass is 280 g/mol. The number of hydrogen-bond acceptors (Lipinski definition) is 3. The van der Waals surface area contributed by atoms with Gasteiger partial charge in [-0.05, 0) is 48.6 Å². The molecule has 0 spiro atoms. The number of carbonyl (C=O) groups is 1. The maximum absolute atomic E-state index is 11.8. The molecule has 4 heteroatoms. The number of aryl methyl sites for hydroxylation is 2. The summed E-state index contributed by atoms with van der Waals surface area (Å²) in [5.74, 6) is 0.739. The van der Waals surface area contributed by atoms with Crippen molar-refractivity contribution < 1.29 is 9.53 Å².